The van der Waals surface area contributed by atoms with Crippen molar-refractivity contribution in [2.24, 2.45) is 0 Å². The third kappa shape index (κ3) is 3.77. The number of aryl methyl sites for hydroxylation is 1. The molecule has 9 heteroatoms. The minimum Gasteiger partial charge on any atom is -0.445 e. The number of fused-ring (bicyclic) bond motifs is 1. The van der Waals surface area contributed by atoms with Gasteiger partial charge in [-0.15, -0.1) is 10.2 Å². The third-order valence-electron chi connectivity index (χ3n) is 3.24. The second-order valence-corrected chi connectivity index (χ2v) is 6.74. The van der Waals surface area contributed by atoms with Gasteiger partial charge in [-0.25, -0.2) is 0 Å². The number of carbonyl (C=O) groups is 1. The maximum absolute atomic E-state index is 12.0. The first-order valence-corrected chi connectivity index (χ1v) is 8.88. The topological polar surface area (TPSA) is 81.4 Å². The summed E-state index contributed by atoms with van der Waals surface area (Å²) in [5, 5.41) is 16.1. The second-order valence-electron chi connectivity index (χ2n) is 5.00. The van der Waals surface area contributed by atoms with Gasteiger partial charge in [-0.05, 0) is 60.1 Å². The molecule has 7 nitrogen and oxygen atoms in total. The van der Waals surface area contributed by atoms with Crippen molar-refractivity contribution in [2.45, 2.75) is 13.8 Å². The molecular weight excluding hydrogens is 406 g/mol. The second kappa shape index (κ2) is 7.16. The van der Waals surface area contributed by atoms with E-state index in [1.165, 1.54) is 11.3 Å². The summed E-state index contributed by atoms with van der Waals surface area (Å²) >= 11 is 4.61. The number of aromatic nitrogens is 4. The van der Waals surface area contributed by atoms with Crippen LogP contribution in [0.1, 0.15) is 12.7 Å². The lowest BCUT2D eigenvalue weighted by molar-refractivity contribution is -0.115. The highest BCUT2D eigenvalue weighted by molar-refractivity contribution is 9.11. The Morgan fingerprint density at radius 1 is 1.36 bits per heavy atom. The van der Waals surface area contributed by atoms with Gasteiger partial charge in [0.05, 0.1) is 0 Å². The van der Waals surface area contributed by atoms with E-state index in [0.29, 0.717) is 10.4 Å². The van der Waals surface area contributed by atoms with Gasteiger partial charge in [0.15, 0.2) is 16.3 Å². The number of nitrogens with one attached hydrogen (secondary N) is 1. The molecule has 0 aliphatic rings. The van der Waals surface area contributed by atoms with E-state index in [4.69, 9.17) is 4.74 Å². The number of halogens is 1. The number of amides is 1. The highest BCUT2D eigenvalue weighted by atomic mass is 79.9. The Morgan fingerprint density at radius 2 is 2.08 bits per heavy atom. The zero-order valence-electron chi connectivity index (χ0n) is 13.5. The summed E-state index contributed by atoms with van der Waals surface area (Å²) in [7, 11) is 0. The molecule has 3 aromatic rings. The van der Waals surface area contributed by atoms with E-state index >= 15 is 0 Å². The SMILES string of the molecule is C=C(OC(Br)=CC)C(=O)Nc1ccc(-c2nn3c(C)nnc3s2)cc1. The van der Waals surface area contributed by atoms with Crippen molar-refractivity contribution < 1.29 is 9.53 Å². The molecule has 0 bridgehead atoms. The molecule has 3 rings (SSSR count). The van der Waals surface area contributed by atoms with Gasteiger partial charge in [-0.2, -0.15) is 9.61 Å². The number of carbonyl (C=O) groups excluding carboxylic acids is 1. The summed E-state index contributed by atoms with van der Waals surface area (Å²) in [5.41, 5.74) is 1.56. The van der Waals surface area contributed by atoms with Crippen molar-refractivity contribution in [2.75, 3.05) is 5.32 Å². The van der Waals surface area contributed by atoms with Gasteiger partial charge in [0.25, 0.3) is 5.91 Å². The van der Waals surface area contributed by atoms with Crippen molar-refractivity contribution in [1.29, 1.82) is 0 Å². The molecule has 0 radical (unpaired) electrons. The number of benzene rings is 1. The Balaban J connectivity index is 1.71. The lowest BCUT2D eigenvalue weighted by Gasteiger charge is -2.08. The number of ether oxygens (including phenoxy) is 1. The van der Waals surface area contributed by atoms with Crippen LogP contribution in [0, 0.1) is 6.92 Å². The Hall–Kier alpha value is -2.52. The van der Waals surface area contributed by atoms with Gasteiger partial charge in [-0.1, -0.05) is 17.9 Å². The van der Waals surface area contributed by atoms with E-state index in [-0.39, 0.29) is 5.76 Å². The molecule has 0 atom stereocenters. The van der Waals surface area contributed by atoms with Crippen LogP contribution in [0.5, 0.6) is 0 Å². The van der Waals surface area contributed by atoms with Crippen LogP contribution in [-0.4, -0.2) is 25.7 Å². The molecule has 25 heavy (non-hydrogen) atoms. The summed E-state index contributed by atoms with van der Waals surface area (Å²) in [4.78, 5) is 12.8. The maximum atomic E-state index is 12.0. The number of rotatable bonds is 5. The standard InChI is InChI=1S/C16H14BrN5O2S/c1-4-13(17)24-9(2)14(23)18-12-7-5-11(6-8-12)15-21-22-10(3)19-20-16(22)25-15/h4-8H,2H2,1,3H3,(H,18,23). The number of anilines is 1. The fourth-order valence-corrected chi connectivity index (χ4v) is 3.04. The van der Waals surface area contributed by atoms with Crippen molar-refractivity contribution in [3.63, 3.8) is 0 Å². The molecule has 0 saturated carbocycles. The first-order chi connectivity index (χ1) is 12.0. The first-order valence-electron chi connectivity index (χ1n) is 7.27. The summed E-state index contributed by atoms with van der Waals surface area (Å²) in [5.74, 6) is 0.325. The number of allylic oxidation sites excluding steroid dienone is 1. The van der Waals surface area contributed by atoms with Gasteiger partial charge in [-0.3, -0.25) is 4.79 Å². The lowest BCUT2D eigenvalue weighted by atomic mass is 10.2. The zero-order valence-corrected chi connectivity index (χ0v) is 15.9. The van der Waals surface area contributed by atoms with Crippen LogP contribution < -0.4 is 5.32 Å². The number of hydrogen-bond donors (Lipinski definition) is 1. The van der Waals surface area contributed by atoms with Gasteiger partial charge in [0, 0.05) is 11.3 Å². The predicted molar refractivity (Wildman–Crippen MR) is 100 cm³/mol. The van der Waals surface area contributed by atoms with E-state index in [2.05, 4.69) is 43.1 Å². The molecule has 0 fully saturated rings. The van der Waals surface area contributed by atoms with Gasteiger partial charge >= 0.3 is 0 Å². The molecule has 0 saturated heterocycles. The van der Waals surface area contributed by atoms with Crippen LogP contribution in [0.3, 0.4) is 0 Å². The van der Waals surface area contributed by atoms with E-state index in [1.54, 1.807) is 29.6 Å². The molecule has 0 unspecified atom stereocenters. The normalized spacial score (nSPS) is 11.6. The Morgan fingerprint density at radius 3 is 2.72 bits per heavy atom. The highest BCUT2D eigenvalue weighted by Gasteiger charge is 2.12. The lowest BCUT2D eigenvalue weighted by Crippen LogP contribution is -2.14. The van der Waals surface area contributed by atoms with Crippen LogP contribution in [0.4, 0.5) is 5.69 Å². The monoisotopic (exact) mass is 419 g/mol. The molecule has 0 spiro atoms. The van der Waals surface area contributed by atoms with Crippen LogP contribution in [0.2, 0.25) is 0 Å². The third-order valence-corrected chi connectivity index (χ3v) is 4.80. The molecule has 2 heterocycles. The minimum absolute atomic E-state index is 0.00169. The van der Waals surface area contributed by atoms with Gasteiger partial charge in [0.2, 0.25) is 4.96 Å². The van der Waals surface area contributed by atoms with Crippen LogP contribution in [-0.2, 0) is 9.53 Å². The smallest absolute Gasteiger partial charge is 0.290 e. The fourth-order valence-electron chi connectivity index (χ4n) is 1.95. The van der Waals surface area contributed by atoms with Crippen molar-refractivity contribution in [3.8, 4) is 10.6 Å². The van der Waals surface area contributed by atoms with Crippen LogP contribution >= 0.6 is 27.3 Å². The summed E-state index contributed by atoms with van der Waals surface area (Å²) in [6, 6.07) is 7.34. The Bertz CT molecular complexity index is 974. The summed E-state index contributed by atoms with van der Waals surface area (Å²) < 4.78 is 7.35. The maximum Gasteiger partial charge on any atom is 0.290 e. The molecule has 0 aliphatic heterocycles. The summed E-state index contributed by atoms with van der Waals surface area (Å²) in [6.07, 6.45) is 1.68. The molecule has 2 aromatic heterocycles. The molecule has 1 aromatic carbocycles. The molecule has 128 valence electrons. The quantitative estimate of drug-likeness (QED) is 0.501. The van der Waals surface area contributed by atoms with Gasteiger partial charge < -0.3 is 10.1 Å². The van der Waals surface area contributed by atoms with Gasteiger partial charge in [0.1, 0.15) is 5.01 Å². The van der Waals surface area contributed by atoms with E-state index in [9.17, 15) is 4.79 Å². The van der Waals surface area contributed by atoms with Crippen LogP contribution in [0.15, 0.2) is 47.3 Å². The fraction of sp³-hybridized carbons (Fsp3) is 0.125. The van der Waals surface area contributed by atoms with E-state index in [1.807, 2.05) is 19.1 Å². The van der Waals surface area contributed by atoms with Crippen LogP contribution in [0.25, 0.3) is 15.5 Å². The van der Waals surface area contributed by atoms with Crippen molar-refractivity contribution >= 4 is 43.8 Å². The zero-order chi connectivity index (χ0) is 18.0. The largest absolute Gasteiger partial charge is 0.445 e. The minimum atomic E-state index is -0.416. The van der Waals surface area contributed by atoms with Crippen molar-refractivity contribution in [3.05, 3.63) is 53.2 Å². The summed E-state index contributed by atoms with van der Waals surface area (Å²) in [6.45, 7) is 7.23. The predicted octanol–water partition coefficient (Wildman–Crippen LogP) is 3.89. The molecule has 1 N–H and O–H groups in total. The Labute approximate surface area is 156 Å². The Kier molecular flexibility index (Phi) is 4.95. The molecule has 0 aliphatic carbocycles. The average Bonchev–Trinajstić information content (AvgIpc) is 3.17. The first kappa shape index (κ1) is 17.3. The molecule has 1 amide bonds. The number of hydrogen-bond acceptors (Lipinski definition) is 6. The number of nitrogens with zero attached hydrogens (tertiary/aromatic N) is 4. The van der Waals surface area contributed by atoms with E-state index in [0.717, 1.165) is 21.4 Å². The van der Waals surface area contributed by atoms with Crippen molar-refractivity contribution in [1.82, 2.24) is 19.8 Å². The molecular formula is C16H14BrN5O2S. The average molecular weight is 420 g/mol. The van der Waals surface area contributed by atoms with E-state index < -0.39 is 5.91 Å². The highest BCUT2D eigenvalue weighted by Crippen LogP contribution is 2.26.